The molecule has 252 valence electrons. The Morgan fingerprint density at radius 2 is 0.935 bits per heavy atom. The summed E-state index contributed by atoms with van der Waals surface area (Å²) in [5, 5.41) is 18.2. The molecule has 3 aliphatic heterocycles. The van der Waals surface area contributed by atoms with E-state index >= 15 is 0 Å². The number of fused-ring (bicyclic) bond motifs is 5. The Labute approximate surface area is 327 Å². The molecule has 0 saturated heterocycles. The van der Waals surface area contributed by atoms with Crippen molar-refractivity contribution in [1.29, 1.82) is 10.5 Å². The standard InChI is InChI=1S/C27H32N2O4S13/c28-3-1-13-35-19-21-37-15-9-30-5-7-32-11-17-39-23-24(46-27(34)45-23)40-18-12-33-8-6-31-10-16-38-22-20(36-14-2-4-29)42-26(44-22)25(41-19)43-21/h1-2,5-18H2. The first-order chi connectivity index (χ1) is 22.7. The molecule has 19 heteroatoms. The Hall–Kier alpha value is 1.81. The molecule has 1 aromatic heterocycles. The summed E-state index contributed by atoms with van der Waals surface area (Å²) < 4.78 is 34.7. The molecule has 3 aliphatic rings. The smallest absolute Gasteiger partial charge is 0.145 e. The van der Waals surface area contributed by atoms with Gasteiger partial charge >= 0.3 is 0 Å². The summed E-state index contributed by atoms with van der Waals surface area (Å²) in [5.74, 6) is 5.09. The maximum absolute atomic E-state index is 9.09. The van der Waals surface area contributed by atoms with Gasteiger partial charge in [-0.3, -0.25) is 0 Å². The van der Waals surface area contributed by atoms with E-state index in [1.54, 1.807) is 46.2 Å². The lowest BCUT2D eigenvalue weighted by Crippen LogP contribution is -2.08. The van der Waals surface area contributed by atoms with E-state index in [9.17, 15) is 0 Å². The highest BCUT2D eigenvalue weighted by Crippen LogP contribution is 2.66. The minimum Gasteiger partial charge on any atom is -0.378 e. The predicted molar refractivity (Wildman–Crippen MR) is 219 cm³/mol. The van der Waals surface area contributed by atoms with Crippen molar-refractivity contribution in [3.05, 3.63) is 28.6 Å². The van der Waals surface area contributed by atoms with E-state index < -0.39 is 0 Å². The zero-order valence-electron chi connectivity index (χ0n) is 24.6. The Bertz CT molecular complexity index is 1250. The van der Waals surface area contributed by atoms with Crippen molar-refractivity contribution in [1.82, 2.24) is 0 Å². The van der Waals surface area contributed by atoms with Crippen LogP contribution in [0.15, 0.2) is 33.8 Å². The van der Waals surface area contributed by atoms with Gasteiger partial charge in [-0.25, -0.2) is 0 Å². The third-order valence-electron chi connectivity index (χ3n) is 5.24. The molecule has 0 aliphatic carbocycles. The van der Waals surface area contributed by atoms with E-state index in [1.807, 2.05) is 94.1 Å². The fraction of sp³-hybridized carbons (Fsp3) is 0.593. The van der Waals surface area contributed by atoms with Gasteiger partial charge in [0.2, 0.25) is 0 Å². The van der Waals surface area contributed by atoms with Crippen molar-refractivity contribution >= 4 is 153 Å². The summed E-state index contributed by atoms with van der Waals surface area (Å²) in [6.45, 7) is 5.02. The highest BCUT2D eigenvalue weighted by molar-refractivity contribution is 8.45. The van der Waals surface area contributed by atoms with Crippen LogP contribution in [0, 0.1) is 25.8 Å². The average molecular weight is 865 g/mol. The predicted octanol–water partition coefficient (Wildman–Crippen LogP) is 10.9. The lowest BCUT2D eigenvalue weighted by molar-refractivity contribution is 0.0605. The van der Waals surface area contributed by atoms with E-state index in [0.717, 1.165) is 37.7 Å². The molecule has 4 heterocycles. The van der Waals surface area contributed by atoms with Gasteiger partial charge in [0.1, 0.15) is 3.14 Å². The first kappa shape index (κ1) is 40.6. The fourth-order valence-corrected chi connectivity index (χ4v) is 20.9. The SMILES string of the molecule is N#CCCSC1=C2SCCOCCOCCSc3sc(=S)sc3SCCOCCOCCSC3=C(SCCC#N)SC(=C(S1)S2)S3. The van der Waals surface area contributed by atoms with E-state index in [1.165, 1.54) is 33.8 Å². The minimum atomic E-state index is 0.535. The number of hydrogen-bond donors (Lipinski definition) is 0. The number of nitriles is 2. The van der Waals surface area contributed by atoms with Crippen LogP contribution in [0.1, 0.15) is 12.8 Å². The summed E-state index contributed by atoms with van der Waals surface area (Å²) in [6.07, 6.45) is 1.07. The molecule has 0 atom stereocenters. The van der Waals surface area contributed by atoms with Crippen molar-refractivity contribution < 1.29 is 18.9 Å². The summed E-state index contributed by atoms with van der Waals surface area (Å²) in [5.41, 5.74) is 0. The summed E-state index contributed by atoms with van der Waals surface area (Å²) >= 11 is 27.0. The molecule has 4 bridgehead atoms. The third-order valence-corrected chi connectivity index (χ3v) is 22.3. The van der Waals surface area contributed by atoms with E-state index in [-0.39, 0.29) is 0 Å². The molecule has 4 rings (SSSR count). The molecule has 0 amide bonds. The number of hydrogen-bond acceptors (Lipinski definition) is 19. The van der Waals surface area contributed by atoms with Crippen molar-refractivity contribution in [2.24, 2.45) is 0 Å². The Balaban J connectivity index is 1.35. The van der Waals surface area contributed by atoms with Crippen LogP contribution >= 0.6 is 153 Å². The van der Waals surface area contributed by atoms with Gasteiger partial charge in [0.25, 0.3) is 0 Å². The zero-order chi connectivity index (χ0) is 32.2. The molecule has 46 heavy (non-hydrogen) atoms. The normalized spacial score (nSPS) is 20.6. The van der Waals surface area contributed by atoms with Crippen molar-refractivity contribution in [3.8, 4) is 12.1 Å². The van der Waals surface area contributed by atoms with Gasteiger partial charge in [0, 0.05) is 47.4 Å². The van der Waals surface area contributed by atoms with Gasteiger partial charge in [-0.1, -0.05) is 59.3 Å². The molecular weight excluding hydrogens is 833 g/mol. The van der Waals surface area contributed by atoms with Crippen LogP contribution in [0.25, 0.3) is 0 Å². The van der Waals surface area contributed by atoms with Gasteiger partial charge in [-0.15, -0.1) is 93.2 Å². The van der Waals surface area contributed by atoms with Gasteiger partial charge in [0.05, 0.1) is 98.8 Å². The maximum atomic E-state index is 9.09. The molecule has 0 saturated carbocycles. The topological polar surface area (TPSA) is 84.5 Å². The number of nitrogens with zero attached hydrogens (tertiary/aromatic N) is 2. The van der Waals surface area contributed by atoms with Crippen LogP contribution in [0.3, 0.4) is 0 Å². The van der Waals surface area contributed by atoms with Gasteiger partial charge < -0.3 is 18.9 Å². The van der Waals surface area contributed by atoms with E-state index in [0.29, 0.717) is 65.7 Å². The molecule has 6 nitrogen and oxygen atoms in total. The second-order valence-electron chi connectivity index (χ2n) is 8.52. The lowest BCUT2D eigenvalue weighted by Gasteiger charge is -2.08. The van der Waals surface area contributed by atoms with Gasteiger partial charge in [-0.2, -0.15) is 10.5 Å². The molecule has 0 radical (unpaired) electrons. The second kappa shape index (κ2) is 24.9. The first-order valence-corrected chi connectivity index (χ1v) is 25.3. The summed E-state index contributed by atoms with van der Waals surface area (Å²) in [6, 6.07) is 4.54. The van der Waals surface area contributed by atoms with Crippen LogP contribution in [-0.4, -0.2) is 87.4 Å². The minimum absolute atomic E-state index is 0.535. The van der Waals surface area contributed by atoms with Gasteiger partial charge in [-0.05, 0) is 0 Å². The van der Waals surface area contributed by atoms with Crippen molar-refractivity contribution in [2.45, 2.75) is 21.3 Å². The number of thioether (sulfide) groups is 10. The highest BCUT2D eigenvalue weighted by atomic mass is 32.3. The van der Waals surface area contributed by atoms with E-state index in [4.69, 9.17) is 41.7 Å². The van der Waals surface area contributed by atoms with Gasteiger partial charge in [0.15, 0.2) is 0 Å². The lowest BCUT2D eigenvalue weighted by atomic mass is 10.6. The molecule has 0 unspecified atom stereocenters. The molecule has 1 aromatic rings. The zero-order valence-corrected chi connectivity index (χ0v) is 35.3. The monoisotopic (exact) mass is 864 g/mol. The van der Waals surface area contributed by atoms with Crippen molar-refractivity contribution in [3.63, 3.8) is 0 Å². The third kappa shape index (κ3) is 15.2. The highest BCUT2D eigenvalue weighted by Gasteiger charge is 2.31. The number of rotatable bonds is 6. The van der Waals surface area contributed by atoms with E-state index in [2.05, 4.69) is 12.1 Å². The number of ether oxygens (including phenoxy) is 4. The molecule has 0 spiro atoms. The fourth-order valence-electron chi connectivity index (χ4n) is 3.29. The largest absolute Gasteiger partial charge is 0.378 e. The molecule has 0 fully saturated rings. The Kier molecular flexibility index (Phi) is 22.0. The van der Waals surface area contributed by atoms with Crippen LogP contribution in [0.5, 0.6) is 0 Å². The molecule has 0 aromatic carbocycles. The Morgan fingerprint density at radius 3 is 1.33 bits per heavy atom. The van der Waals surface area contributed by atoms with Crippen LogP contribution < -0.4 is 0 Å². The second-order valence-corrected chi connectivity index (χ2v) is 24.5. The first-order valence-electron chi connectivity index (χ1n) is 14.1. The quantitative estimate of drug-likeness (QED) is 0.201. The van der Waals surface area contributed by atoms with Crippen LogP contribution in [0.4, 0.5) is 0 Å². The van der Waals surface area contributed by atoms with Crippen LogP contribution in [-0.2, 0) is 18.9 Å². The average Bonchev–Trinajstić information content (AvgIpc) is 3.75. The Morgan fingerprint density at radius 1 is 0.543 bits per heavy atom. The summed E-state index contributed by atoms with van der Waals surface area (Å²) in [7, 11) is 0. The maximum Gasteiger partial charge on any atom is 0.145 e. The summed E-state index contributed by atoms with van der Waals surface area (Å²) in [4.78, 5) is 0. The van der Waals surface area contributed by atoms with Crippen LogP contribution in [0.2, 0.25) is 0 Å². The molecule has 0 N–H and O–H groups in total. The van der Waals surface area contributed by atoms with Crippen molar-refractivity contribution in [2.75, 3.05) is 87.4 Å². The molecular formula is C27H32N2O4S13.